The van der Waals surface area contributed by atoms with Crippen LogP contribution in [-0.4, -0.2) is 115 Å². The summed E-state index contributed by atoms with van der Waals surface area (Å²) < 4.78 is 0. The van der Waals surface area contributed by atoms with Crippen molar-refractivity contribution in [1.29, 1.82) is 0 Å². The number of carbonyl (C=O) groups is 9. The second kappa shape index (κ2) is 18.6. The van der Waals surface area contributed by atoms with E-state index in [4.69, 9.17) is 0 Å². The lowest BCUT2D eigenvalue weighted by atomic mass is 10.2. The lowest BCUT2D eigenvalue weighted by Crippen LogP contribution is -2.46. The average Bonchev–Trinajstić information content (AvgIpc) is 3.24. The van der Waals surface area contributed by atoms with Gasteiger partial charge in [-0.3, -0.25) is 48.1 Å². The molecule has 0 spiro atoms. The molecule has 0 radical (unpaired) electrons. The topological polar surface area (TPSA) is 220 Å². The molecule has 0 fully saturated rings. The number of imide groups is 1. The smallest absolute Gasteiger partial charge is 0.253 e. The Kier molecular flexibility index (Phi) is 15.6. The summed E-state index contributed by atoms with van der Waals surface area (Å²) in [5.74, 6) is -4.26. The Morgan fingerprint density at radius 1 is 0.659 bits per heavy atom. The molecule has 1 rings (SSSR count). The predicted molar refractivity (Wildman–Crippen MR) is 142 cm³/mol. The van der Waals surface area contributed by atoms with Crippen LogP contribution in [0.5, 0.6) is 0 Å². The van der Waals surface area contributed by atoms with Crippen molar-refractivity contribution in [1.82, 2.24) is 36.4 Å². The van der Waals surface area contributed by atoms with Crippen molar-refractivity contribution in [2.45, 2.75) is 39.5 Å². The standard InChI is InChI=1S/C25H37N7O9/c1-3-26-20(36)13-28-19(35)9-12-31(11-8-17(2)33)25(41)16-30-22(38)15-29-21(37)14-27-18(34)5-4-10-32-23(39)6-7-24(32)40/h6-7H,3-5,8-16H2,1-2H3,(H,26,36)(H,27,34)(H,28,35)(H,29,37)(H,30,38). The van der Waals surface area contributed by atoms with E-state index >= 15 is 0 Å². The highest BCUT2D eigenvalue weighted by atomic mass is 16.2. The summed E-state index contributed by atoms with van der Waals surface area (Å²) in [5, 5.41) is 11.9. The van der Waals surface area contributed by atoms with Gasteiger partial charge in [0, 0.05) is 57.6 Å². The van der Waals surface area contributed by atoms with Crippen molar-refractivity contribution in [3.63, 3.8) is 0 Å². The van der Waals surface area contributed by atoms with Gasteiger partial charge in [0.25, 0.3) is 11.8 Å². The molecule has 0 aromatic rings. The van der Waals surface area contributed by atoms with E-state index in [0.29, 0.717) is 6.54 Å². The molecule has 0 aromatic heterocycles. The van der Waals surface area contributed by atoms with Crippen LogP contribution < -0.4 is 26.6 Å². The third kappa shape index (κ3) is 14.9. The number of nitrogens with one attached hydrogen (secondary N) is 5. The van der Waals surface area contributed by atoms with Crippen LogP contribution in [-0.2, 0) is 43.2 Å². The maximum atomic E-state index is 12.6. The van der Waals surface area contributed by atoms with Gasteiger partial charge < -0.3 is 31.5 Å². The second-order valence-electron chi connectivity index (χ2n) is 8.91. The zero-order chi connectivity index (χ0) is 30.8. The van der Waals surface area contributed by atoms with Crippen molar-refractivity contribution in [2.24, 2.45) is 0 Å². The SMILES string of the molecule is CCNC(=O)CNC(=O)CCN(CCC(C)=O)C(=O)CNC(=O)CNC(=O)CNC(=O)CCCN1C(=O)C=CC1=O. The van der Waals surface area contributed by atoms with Gasteiger partial charge in [0.05, 0.1) is 26.2 Å². The minimum Gasteiger partial charge on any atom is -0.355 e. The van der Waals surface area contributed by atoms with Crippen molar-refractivity contribution in [3.05, 3.63) is 12.2 Å². The van der Waals surface area contributed by atoms with Crippen LogP contribution in [0.1, 0.15) is 39.5 Å². The van der Waals surface area contributed by atoms with Gasteiger partial charge in [-0.1, -0.05) is 0 Å². The van der Waals surface area contributed by atoms with Gasteiger partial charge in [-0.05, 0) is 20.3 Å². The van der Waals surface area contributed by atoms with Gasteiger partial charge in [0.2, 0.25) is 35.4 Å². The molecule has 0 atom stereocenters. The van der Waals surface area contributed by atoms with Crippen LogP contribution in [0.3, 0.4) is 0 Å². The van der Waals surface area contributed by atoms with Crippen LogP contribution >= 0.6 is 0 Å². The molecule has 8 amide bonds. The lowest BCUT2D eigenvalue weighted by molar-refractivity contribution is -0.137. The summed E-state index contributed by atoms with van der Waals surface area (Å²) in [6.45, 7) is 2.04. The second-order valence-corrected chi connectivity index (χ2v) is 8.91. The van der Waals surface area contributed by atoms with Crippen molar-refractivity contribution in [2.75, 3.05) is 52.4 Å². The molecule has 226 valence electrons. The largest absolute Gasteiger partial charge is 0.355 e. The first-order valence-electron chi connectivity index (χ1n) is 13.1. The molecule has 0 saturated carbocycles. The molecule has 0 aliphatic carbocycles. The number of ketones is 1. The first-order valence-corrected chi connectivity index (χ1v) is 13.1. The highest BCUT2D eigenvalue weighted by Gasteiger charge is 2.23. The first-order chi connectivity index (χ1) is 19.4. The normalized spacial score (nSPS) is 12.0. The lowest BCUT2D eigenvalue weighted by Gasteiger charge is -2.22. The molecule has 41 heavy (non-hydrogen) atoms. The fraction of sp³-hybridized carbons (Fsp3) is 0.560. The Morgan fingerprint density at radius 3 is 1.66 bits per heavy atom. The maximum absolute atomic E-state index is 12.6. The van der Waals surface area contributed by atoms with Crippen molar-refractivity contribution in [3.8, 4) is 0 Å². The molecular weight excluding hydrogens is 542 g/mol. The number of Topliss-reactive ketones (excluding diaryl/α,β-unsaturated/α-hetero) is 1. The van der Waals surface area contributed by atoms with Gasteiger partial charge in [-0.25, -0.2) is 0 Å². The van der Waals surface area contributed by atoms with E-state index in [-0.39, 0.29) is 63.6 Å². The quantitative estimate of drug-likeness (QED) is 0.0957. The summed E-state index contributed by atoms with van der Waals surface area (Å²) in [6.07, 6.45) is 2.40. The molecule has 16 nitrogen and oxygen atoms in total. The van der Waals surface area contributed by atoms with Gasteiger partial charge in [0.1, 0.15) is 5.78 Å². The number of rotatable bonds is 19. The molecule has 0 aromatic carbocycles. The van der Waals surface area contributed by atoms with Crippen molar-refractivity contribution < 1.29 is 43.2 Å². The van der Waals surface area contributed by atoms with Gasteiger partial charge in [-0.15, -0.1) is 0 Å². The minimum absolute atomic E-state index is 0.0249. The molecule has 0 unspecified atom stereocenters. The Bertz CT molecular complexity index is 1040. The third-order valence-electron chi connectivity index (χ3n) is 5.53. The summed E-state index contributed by atoms with van der Waals surface area (Å²) >= 11 is 0. The monoisotopic (exact) mass is 579 g/mol. The van der Waals surface area contributed by atoms with E-state index in [1.165, 1.54) is 11.8 Å². The van der Waals surface area contributed by atoms with E-state index in [0.717, 1.165) is 17.1 Å². The number of nitrogens with zero attached hydrogens (tertiary/aromatic N) is 2. The molecule has 1 heterocycles. The van der Waals surface area contributed by atoms with E-state index in [2.05, 4.69) is 26.6 Å². The number of hydrogen-bond acceptors (Lipinski definition) is 9. The van der Waals surface area contributed by atoms with Crippen LogP contribution in [0.2, 0.25) is 0 Å². The molecule has 0 saturated heterocycles. The van der Waals surface area contributed by atoms with Gasteiger partial charge in [-0.2, -0.15) is 0 Å². The highest BCUT2D eigenvalue weighted by Crippen LogP contribution is 2.05. The van der Waals surface area contributed by atoms with E-state index in [1.54, 1.807) is 6.92 Å². The molecule has 1 aliphatic heterocycles. The van der Waals surface area contributed by atoms with E-state index in [9.17, 15) is 43.2 Å². The fourth-order valence-corrected chi connectivity index (χ4v) is 3.32. The van der Waals surface area contributed by atoms with Crippen LogP contribution in [0.25, 0.3) is 0 Å². The summed E-state index contributed by atoms with van der Waals surface area (Å²) in [6, 6.07) is 0. The summed E-state index contributed by atoms with van der Waals surface area (Å²) in [7, 11) is 0. The fourth-order valence-electron chi connectivity index (χ4n) is 3.32. The minimum atomic E-state index is -0.683. The third-order valence-corrected chi connectivity index (χ3v) is 5.53. The Morgan fingerprint density at radius 2 is 1.12 bits per heavy atom. The van der Waals surface area contributed by atoms with Crippen LogP contribution in [0.15, 0.2) is 12.2 Å². The van der Waals surface area contributed by atoms with E-state index in [1.807, 2.05) is 0 Å². The Labute approximate surface area is 237 Å². The average molecular weight is 580 g/mol. The summed E-state index contributed by atoms with van der Waals surface area (Å²) in [4.78, 5) is 108. The molecule has 5 N–H and O–H groups in total. The molecular formula is C25H37N7O9. The number of amides is 8. The van der Waals surface area contributed by atoms with Crippen molar-refractivity contribution >= 4 is 53.0 Å². The Balaban J connectivity index is 2.33. The zero-order valence-electron chi connectivity index (χ0n) is 23.2. The molecule has 0 bridgehead atoms. The predicted octanol–water partition coefficient (Wildman–Crippen LogP) is -3.51. The zero-order valence-corrected chi connectivity index (χ0v) is 23.2. The number of hydrogen-bond donors (Lipinski definition) is 5. The highest BCUT2D eigenvalue weighted by molar-refractivity contribution is 6.12. The number of carbonyl (C=O) groups excluding carboxylic acids is 9. The summed E-state index contributed by atoms with van der Waals surface area (Å²) in [5.41, 5.74) is 0. The van der Waals surface area contributed by atoms with Crippen LogP contribution in [0.4, 0.5) is 0 Å². The molecule has 1 aliphatic rings. The Hall–Kier alpha value is -4.63. The van der Waals surface area contributed by atoms with E-state index < -0.39 is 61.0 Å². The van der Waals surface area contributed by atoms with Crippen LogP contribution in [0, 0.1) is 0 Å². The number of likely N-dealkylation sites (N-methyl/N-ethyl adjacent to an activating group) is 1. The molecule has 16 heteroatoms. The van der Waals surface area contributed by atoms with Gasteiger partial charge >= 0.3 is 0 Å². The van der Waals surface area contributed by atoms with Gasteiger partial charge in [0.15, 0.2) is 0 Å². The first kappa shape index (κ1) is 34.4. The maximum Gasteiger partial charge on any atom is 0.253 e.